The zero-order valence-electron chi connectivity index (χ0n) is 38.5. The normalized spacial score (nSPS) is 13.0. The molecule has 0 saturated heterocycles. The molecule has 0 atom stereocenters. The summed E-state index contributed by atoms with van der Waals surface area (Å²) in [5, 5.41) is 0. The molecule has 0 N–H and O–H groups in total. The molecular weight excluding hydrogens is 869 g/mol. The van der Waals surface area contributed by atoms with Crippen LogP contribution in [-0.4, -0.2) is 15.0 Å². The number of ether oxygens (including phenoxy) is 1. The van der Waals surface area contributed by atoms with Gasteiger partial charge < -0.3 is 9.64 Å². The van der Waals surface area contributed by atoms with E-state index >= 15 is 0 Å². The van der Waals surface area contributed by atoms with Crippen molar-refractivity contribution in [2.45, 2.75) is 5.41 Å². The van der Waals surface area contributed by atoms with E-state index in [4.69, 9.17) is 9.72 Å². The number of rotatable bonds is 9. The van der Waals surface area contributed by atoms with Crippen molar-refractivity contribution in [3.63, 3.8) is 0 Å². The minimum Gasteiger partial charge on any atom is -0.453 e. The van der Waals surface area contributed by atoms with Gasteiger partial charge in [-0.15, -0.1) is 0 Å². The van der Waals surface area contributed by atoms with Gasteiger partial charge in [-0.1, -0.05) is 146 Å². The largest absolute Gasteiger partial charge is 0.453 e. The summed E-state index contributed by atoms with van der Waals surface area (Å²) in [5.41, 5.74) is 15.2. The van der Waals surface area contributed by atoms with E-state index in [1.807, 2.05) is 73.3 Å². The van der Waals surface area contributed by atoms with Gasteiger partial charge >= 0.3 is 0 Å². The molecule has 2 aliphatic heterocycles. The second-order valence-corrected chi connectivity index (χ2v) is 17.7. The van der Waals surface area contributed by atoms with Crippen molar-refractivity contribution in [1.29, 1.82) is 0 Å². The molecule has 3 aromatic heterocycles. The smallest absolute Gasteiger partial charge is 0.151 e. The molecule has 0 unspecified atom stereocenters. The first-order chi connectivity index (χ1) is 35.2. The number of anilines is 9. The van der Waals surface area contributed by atoms with Crippen LogP contribution in [-0.2, 0) is 5.41 Å². The van der Waals surface area contributed by atoms with Gasteiger partial charge in [-0.05, 0) is 129 Å². The summed E-state index contributed by atoms with van der Waals surface area (Å²) in [6.07, 6.45) is 7.34. The standard InChI is InChI=1S/C64H44N6O/c1-3-15-49(16-4-1)64(50-17-5-2-6-18-50)54-19-7-9-21-56(54)69(57-22-10-8-20-55(57)64)62-43-53(44-63(67-62)70-58-23-11-13-25-60(58)71-61-26-14-12-24-59(61)70)68(51-31-27-45(28-32-51)47-35-39-65-40-36-47)52-33-29-46(30-34-52)48-37-41-66-42-38-48/h1-44H. The summed E-state index contributed by atoms with van der Waals surface area (Å²) in [6, 6.07) is 86.0. The van der Waals surface area contributed by atoms with Gasteiger partial charge in [0.25, 0.3) is 0 Å². The molecule has 5 heterocycles. The zero-order valence-corrected chi connectivity index (χ0v) is 38.5. The second kappa shape index (κ2) is 17.5. The lowest BCUT2D eigenvalue weighted by Crippen LogP contribution is -2.38. The predicted molar refractivity (Wildman–Crippen MR) is 287 cm³/mol. The van der Waals surface area contributed by atoms with Crippen LogP contribution in [0.4, 0.5) is 51.4 Å². The van der Waals surface area contributed by atoms with E-state index in [1.165, 1.54) is 11.1 Å². The third-order valence-electron chi connectivity index (χ3n) is 13.7. The summed E-state index contributed by atoms with van der Waals surface area (Å²) in [7, 11) is 0. The fourth-order valence-corrected chi connectivity index (χ4v) is 10.6. The Kier molecular flexibility index (Phi) is 10.2. The van der Waals surface area contributed by atoms with Crippen LogP contribution in [0.2, 0.25) is 0 Å². The quantitative estimate of drug-likeness (QED) is 0.143. The third-order valence-corrected chi connectivity index (χ3v) is 13.7. The van der Waals surface area contributed by atoms with Crippen LogP contribution in [0, 0.1) is 0 Å². The number of para-hydroxylation sites is 6. The molecule has 7 nitrogen and oxygen atoms in total. The summed E-state index contributed by atoms with van der Waals surface area (Å²) in [5.74, 6) is 2.98. The maximum atomic E-state index is 6.59. The molecule has 0 fully saturated rings. The lowest BCUT2D eigenvalue weighted by atomic mass is 9.62. The Hall–Kier alpha value is -9.59. The van der Waals surface area contributed by atoms with E-state index in [1.54, 1.807) is 0 Å². The average molecular weight is 913 g/mol. The molecule has 0 spiro atoms. The fourth-order valence-electron chi connectivity index (χ4n) is 10.6. The van der Waals surface area contributed by atoms with E-state index in [9.17, 15) is 0 Å². The molecule has 336 valence electrons. The maximum Gasteiger partial charge on any atom is 0.151 e. The molecule has 0 radical (unpaired) electrons. The summed E-state index contributed by atoms with van der Waals surface area (Å²) in [4.78, 5) is 21.3. The van der Waals surface area contributed by atoms with E-state index < -0.39 is 5.41 Å². The van der Waals surface area contributed by atoms with Crippen molar-refractivity contribution in [3.8, 4) is 33.8 Å². The van der Waals surface area contributed by atoms with Gasteiger partial charge in [0.05, 0.1) is 33.9 Å². The van der Waals surface area contributed by atoms with Crippen LogP contribution in [0.1, 0.15) is 22.3 Å². The van der Waals surface area contributed by atoms with Gasteiger partial charge in [-0.25, -0.2) is 4.98 Å². The summed E-state index contributed by atoms with van der Waals surface area (Å²) < 4.78 is 6.59. The van der Waals surface area contributed by atoms with Gasteiger partial charge in [0, 0.05) is 48.3 Å². The van der Waals surface area contributed by atoms with Crippen LogP contribution in [0.25, 0.3) is 22.3 Å². The first-order valence-electron chi connectivity index (χ1n) is 23.8. The third kappa shape index (κ3) is 7.10. The first-order valence-corrected chi connectivity index (χ1v) is 23.8. The predicted octanol–water partition coefficient (Wildman–Crippen LogP) is 16.4. The Labute approximate surface area is 412 Å². The van der Waals surface area contributed by atoms with Crippen LogP contribution in [0.5, 0.6) is 11.5 Å². The minimum absolute atomic E-state index is 0.645. The van der Waals surface area contributed by atoms with Crippen LogP contribution >= 0.6 is 0 Å². The number of aromatic nitrogens is 3. The number of benzene rings is 8. The molecule has 8 aromatic carbocycles. The molecule has 0 bridgehead atoms. The number of hydrogen-bond donors (Lipinski definition) is 0. The highest BCUT2D eigenvalue weighted by molar-refractivity contribution is 5.93. The molecular formula is C64H44N6O. The van der Waals surface area contributed by atoms with E-state index in [2.05, 4.69) is 219 Å². The van der Waals surface area contributed by atoms with Crippen molar-refractivity contribution in [2.24, 2.45) is 0 Å². The number of hydrogen-bond acceptors (Lipinski definition) is 7. The second-order valence-electron chi connectivity index (χ2n) is 17.7. The Morgan fingerprint density at radius 2 is 0.704 bits per heavy atom. The fraction of sp³-hybridized carbons (Fsp3) is 0.0156. The van der Waals surface area contributed by atoms with E-state index in [0.29, 0.717) is 0 Å². The van der Waals surface area contributed by atoms with E-state index in [-0.39, 0.29) is 0 Å². The molecule has 0 aliphatic carbocycles. The molecule has 11 aromatic rings. The average Bonchev–Trinajstić information content (AvgIpc) is 3.45. The van der Waals surface area contributed by atoms with Gasteiger partial charge in [0.15, 0.2) is 11.5 Å². The SMILES string of the molecule is c1ccc(C2(c3ccccc3)c3ccccc3N(c3cc(N(c4ccc(-c5ccncc5)cc4)c4ccc(-c5ccncc5)cc4)cc(N4c5ccccc5Oc5ccccc54)n3)c3ccccc32)cc1. The van der Waals surface area contributed by atoms with Crippen LogP contribution in [0.15, 0.2) is 267 Å². The highest BCUT2D eigenvalue weighted by Gasteiger charge is 2.46. The Bertz CT molecular complexity index is 3470. The van der Waals surface area contributed by atoms with Crippen molar-refractivity contribution in [2.75, 3.05) is 14.7 Å². The Balaban J connectivity index is 1.08. The van der Waals surface area contributed by atoms with Crippen LogP contribution in [0.3, 0.4) is 0 Å². The number of nitrogens with zero attached hydrogens (tertiary/aromatic N) is 6. The number of fused-ring (bicyclic) bond motifs is 4. The minimum atomic E-state index is -0.645. The van der Waals surface area contributed by atoms with Crippen LogP contribution < -0.4 is 19.4 Å². The molecule has 13 rings (SSSR count). The summed E-state index contributed by atoms with van der Waals surface area (Å²) in [6.45, 7) is 0. The van der Waals surface area contributed by atoms with Crippen molar-refractivity contribution >= 4 is 51.4 Å². The number of pyridine rings is 3. The summed E-state index contributed by atoms with van der Waals surface area (Å²) >= 11 is 0. The zero-order chi connectivity index (χ0) is 47.1. The molecule has 0 saturated carbocycles. The lowest BCUT2D eigenvalue weighted by molar-refractivity contribution is 0.476. The topological polar surface area (TPSA) is 57.6 Å². The maximum absolute atomic E-state index is 6.59. The van der Waals surface area contributed by atoms with Gasteiger partial charge in [-0.3, -0.25) is 19.8 Å². The van der Waals surface area contributed by atoms with Crippen molar-refractivity contribution in [1.82, 2.24) is 15.0 Å². The van der Waals surface area contributed by atoms with Gasteiger partial charge in [-0.2, -0.15) is 0 Å². The highest BCUT2D eigenvalue weighted by atomic mass is 16.5. The van der Waals surface area contributed by atoms with Crippen molar-refractivity contribution < 1.29 is 4.74 Å². The van der Waals surface area contributed by atoms with Gasteiger partial charge in [0.1, 0.15) is 11.6 Å². The molecule has 2 aliphatic rings. The highest BCUT2D eigenvalue weighted by Crippen LogP contribution is 2.59. The molecule has 71 heavy (non-hydrogen) atoms. The lowest BCUT2D eigenvalue weighted by Gasteiger charge is -2.46. The van der Waals surface area contributed by atoms with E-state index in [0.717, 1.165) is 96.3 Å². The molecule has 0 amide bonds. The Morgan fingerprint density at radius 1 is 0.338 bits per heavy atom. The monoisotopic (exact) mass is 912 g/mol. The first kappa shape index (κ1) is 41.6. The van der Waals surface area contributed by atoms with Gasteiger partial charge in [0.2, 0.25) is 0 Å². The van der Waals surface area contributed by atoms with Crippen molar-refractivity contribution in [3.05, 3.63) is 290 Å². The molecule has 7 heteroatoms. The Morgan fingerprint density at radius 3 is 1.15 bits per heavy atom.